The summed E-state index contributed by atoms with van der Waals surface area (Å²) in [6.45, 7) is 1.14. The Hall–Kier alpha value is -3.22. The Bertz CT molecular complexity index is 1110. The van der Waals surface area contributed by atoms with Gasteiger partial charge in [0.2, 0.25) is 0 Å². The maximum atomic E-state index is 13.2. The molecule has 4 aromatic rings. The lowest BCUT2D eigenvalue weighted by Gasteiger charge is -2.25. The van der Waals surface area contributed by atoms with Crippen LogP contribution in [-0.4, -0.2) is 41.2 Å². The maximum absolute atomic E-state index is 13.2. The fourth-order valence-corrected chi connectivity index (χ4v) is 4.32. The van der Waals surface area contributed by atoms with Crippen molar-refractivity contribution in [3.63, 3.8) is 0 Å². The van der Waals surface area contributed by atoms with Gasteiger partial charge in [0.25, 0.3) is 5.91 Å². The fourth-order valence-electron chi connectivity index (χ4n) is 3.59. The Morgan fingerprint density at radius 2 is 1.74 bits per heavy atom. The second-order valence-corrected chi connectivity index (χ2v) is 8.60. The first-order valence-electron chi connectivity index (χ1n) is 10.3. The minimum absolute atomic E-state index is 0.0923. The van der Waals surface area contributed by atoms with Crippen LogP contribution in [-0.2, 0) is 6.54 Å². The van der Waals surface area contributed by atoms with E-state index in [-0.39, 0.29) is 11.9 Å². The second-order valence-electron chi connectivity index (χ2n) is 7.65. The third kappa shape index (κ3) is 5.10. The number of carbonyl (C=O) groups is 1. The minimum atomic E-state index is -0.106. The molecule has 0 fully saturated rings. The van der Waals surface area contributed by atoms with Gasteiger partial charge >= 0.3 is 0 Å². The largest absolute Gasteiger partial charge is 0.350 e. The molecule has 0 aliphatic carbocycles. The van der Waals surface area contributed by atoms with Crippen LogP contribution in [0.15, 0.2) is 84.4 Å². The number of aromatic nitrogens is 2. The highest BCUT2D eigenvalue weighted by molar-refractivity contribution is 7.13. The third-order valence-electron chi connectivity index (χ3n) is 5.21. The number of hydrogen-bond acceptors (Lipinski definition) is 4. The first-order valence-corrected chi connectivity index (χ1v) is 11.1. The van der Waals surface area contributed by atoms with E-state index in [1.165, 1.54) is 5.56 Å². The Labute approximate surface area is 187 Å². The molecule has 0 aliphatic heterocycles. The molecule has 2 aromatic heterocycles. The van der Waals surface area contributed by atoms with Crippen molar-refractivity contribution in [1.82, 2.24) is 20.0 Å². The van der Waals surface area contributed by atoms with Gasteiger partial charge in [-0.2, -0.15) is 5.10 Å². The monoisotopic (exact) mass is 430 g/mol. The van der Waals surface area contributed by atoms with E-state index < -0.39 is 0 Å². The van der Waals surface area contributed by atoms with Crippen molar-refractivity contribution < 1.29 is 4.79 Å². The number of likely N-dealkylation sites (N-methyl/N-ethyl adjacent to an activating group) is 1. The molecule has 6 heteroatoms. The van der Waals surface area contributed by atoms with Gasteiger partial charge in [-0.25, -0.2) is 0 Å². The van der Waals surface area contributed by atoms with Crippen molar-refractivity contribution in [3.05, 3.63) is 101 Å². The molecular weight excluding hydrogens is 404 g/mol. The zero-order valence-corrected chi connectivity index (χ0v) is 18.5. The van der Waals surface area contributed by atoms with Crippen LogP contribution < -0.4 is 5.32 Å². The Morgan fingerprint density at radius 1 is 1.03 bits per heavy atom. The van der Waals surface area contributed by atoms with Crippen molar-refractivity contribution in [3.8, 4) is 10.6 Å². The first kappa shape index (κ1) is 21.0. The van der Waals surface area contributed by atoms with Crippen LogP contribution in [0, 0.1) is 0 Å². The van der Waals surface area contributed by atoms with E-state index in [1.807, 2.05) is 78.9 Å². The van der Waals surface area contributed by atoms with Crippen LogP contribution in [0.4, 0.5) is 0 Å². The fraction of sp³-hybridized carbons (Fsp3) is 0.200. The van der Waals surface area contributed by atoms with Gasteiger partial charge in [-0.1, -0.05) is 66.7 Å². The van der Waals surface area contributed by atoms with Crippen molar-refractivity contribution in [1.29, 1.82) is 0 Å². The van der Waals surface area contributed by atoms with E-state index >= 15 is 0 Å². The van der Waals surface area contributed by atoms with Gasteiger partial charge in [-0.05, 0) is 36.7 Å². The molecule has 0 bridgehead atoms. The molecule has 2 aromatic carbocycles. The summed E-state index contributed by atoms with van der Waals surface area (Å²) in [4.78, 5) is 16.3. The maximum Gasteiger partial charge on any atom is 0.255 e. The smallest absolute Gasteiger partial charge is 0.255 e. The molecule has 1 unspecified atom stereocenters. The molecule has 0 saturated carbocycles. The van der Waals surface area contributed by atoms with E-state index in [4.69, 9.17) is 5.10 Å². The molecule has 0 aliphatic rings. The predicted molar refractivity (Wildman–Crippen MR) is 126 cm³/mol. The van der Waals surface area contributed by atoms with Crippen molar-refractivity contribution >= 4 is 17.2 Å². The molecule has 1 amide bonds. The molecule has 1 atom stereocenters. The first-order chi connectivity index (χ1) is 15.1. The van der Waals surface area contributed by atoms with Gasteiger partial charge in [-0.3, -0.25) is 9.48 Å². The zero-order chi connectivity index (χ0) is 21.6. The molecule has 0 spiro atoms. The van der Waals surface area contributed by atoms with E-state index in [0.29, 0.717) is 18.7 Å². The van der Waals surface area contributed by atoms with Crippen LogP contribution in [0.2, 0.25) is 0 Å². The molecule has 31 heavy (non-hydrogen) atoms. The molecule has 0 radical (unpaired) electrons. The summed E-state index contributed by atoms with van der Waals surface area (Å²) in [5.41, 5.74) is 3.64. The number of benzene rings is 2. The SMILES string of the molecule is CN(C)C(CNC(=O)c1cn(Cc2ccccc2)nc1-c1cccs1)c1ccccc1. The molecule has 158 valence electrons. The van der Waals surface area contributed by atoms with Gasteiger partial charge in [0.15, 0.2) is 0 Å². The molecular formula is C25H26N4OS. The van der Waals surface area contributed by atoms with E-state index in [9.17, 15) is 4.79 Å². The van der Waals surface area contributed by atoms with Crippen LogP contribution in [0.3, 0.4) is 0 Å². The highest BCUT2D eigenvalue weighted by Crippen LogP contribution is 2.27. The van der Waals surface area contributed by atoms with Crippen LogP contribution >= 0.6 is 11.3 Å². The standard InChI is InChI=1S/C25H26N4OS/c1-28(2)22(20-12-7-4-8-13-20)16-26-25(30)21-18-29(17-19-10-5-3-6-11-19)27-24(21)23-14-9-15-31-23/h3-15,18,22H,16-17H2,1-2H3,(H,26,30). The van der Waals surface area contributed by atoms with Crippen molar-refractivity contribution in [2.75, 3.05) is 20.6 Å². The lowest BCUT2D eigenvalue weighted by atomic mass is 10.1. The number of amides is 1. The van der Waals surface area contributed by atoms with Gasteiger partial charge in [0.1, 0.15) is 5.69 Å². The third-order valence-corrected chi connectivity index (χ3v) is 6.09. The Balaban J connectivity index is 1.56. The Kier molecular flexibility index (Phi) is 6.60. The second kappa shape index (κ2) is 9.73. The highest BCUT2D eigenvalue weighted by Gasteiger charge is 2.21. The summed E-state index contributed by atoms with van der Waals surface area (Å²) in [6, 6.07) is 24.5. The summed E-state index contributed by atoms with van der Waals surface area (Å²) >= 11 is 1.59. The highest BCUT2D eigenvalue weighted by atomic mass is 32.1. The average molecular weight is 431 g/mol. The number of carbonyl (C=O) groups excluding carboxylic acids is 1. The van der Waals surface area contributed by atoms with Crippen LogP contribution in [0.25, 0.3) is 10.6 Å². The number of thiophene rings is 1. The number of hydrogen-bond donors (Lipinski definition) is 1. The molecule has 1 N–H and O–H groups in total. The number of nitrogens with one attached hydrogen (secondary N) is 1. The van der Waals surface area contributed by atoms with Gasteiger partial charge in [0, 0.05) is 12.7 Å². The molecule has 0 saturated heterocycles. The van der Waals surface area contributed by atoms with Gasteiger partial charge in [0.05, 0.1) is 23.0 Å². The quantitative estimate of drug-likeness (QED) is 0.441. The topological polar surface area (TPSA) is 50.2 Å². The predicted octanol–water partition coefficient (Wildman–Crippen LogP) is 4.69. The summed E-state index contributed by atoms with van der Waals surface area (Å²) in [5.74, 6) is -0.106. The average Bonchev–Trinajstić information content (AvgIpc) is 3.45. The summed E-state index contributed by atoms with van der Waals surface area (Å²) in [6.07, 6.45) is 1.85. The summed E-state index contributed by atoms with van der Waals surface area (Å²) < 4.78 is 1.85. The summed E-state index contributed by atoms with van der Waals surface area (Å²) in [5, 5.41) is 9.88. The molecule has 5 nitrogen and oxygen atoms in total. The lowest BCUT2D eigenvalue weighted by molar-refractivity contribution is 0.0942. The lowest BCUT2D eigenvalue weighted by Crippen LogP contribution is -2.34. The molecule has 2 heterocycles. The van der Waals surface area contributed by atoms with Gasteiger partial charge < -0.3 is 10.2 Å². The zero-order valence-electron chi connectivity index (χ0n) is 17.7. The minimum Gasteiger partial charge on any atom is -0.350 e. The summed E-state index contributed by atoms with van der Waals surface area (Å²) in [7, 11) is 4.05. The van der Waals surface area contributed by atoms with E-state index in [1.54, 1.807) is 11.3 Å². The normalized spacial score (nSPS) is 12.1. The Morgan fingerprint density at radius 3 is 2.39 bits per heavy atom. The molecule has 4 rings (SSSR count). The van der Waals surface area contributed by atoms with Crippen molar-refractivity contribution in [2.24, 2.45) is 0 Å². The van der Waals surface area contributed by atoms with E-state index in [2.05, 4.69) is 34.5 Å². The number of nitrogens with zero attached hydrogens (tertiary/aromatic N) is 3. The van der Waals surface area contributed by atoms with Crippen LogP contribution in [0.1, 0.15) is 27.5 Å². The number of rotatable bonds is 8. The van der Waals surface area contributed by atoms with Crippen molar-refractivity contribution in [2.45, 2.75) is 12.6 Å². The van der Waals surface area contributed by atoms with E-state index in [0.717, 1.165) is 16.1 Å². The van der Waals surface area contributed by atoms with Crippen LogP contribution in [0.5, 0.6) is 0 Å². The van der Waals surface area contributed by atoms with Gasteiger partial charge in [-0.15, -0.1) is 11.3 Å².